The van der Waals surface area contributed by atoms with Crippen molar-refractivity contribution in [3.05, 3.63) is 53.6 Å². The van der Waals surface area contributed by atoms with E-state index in [4.69, 9.17) is 9.47 Å². The number of halogens is 2. The highest BCUT2D eigenvalue weighted by Crippen LogP contribution is 2.50. The lowest BCUT2D eigenvalue weighted by atomic mass is 9.65. The van der Waals surface area contributed by atoms with Gasteiger partial charge in [-0.25, -0.2) is 13.6 Å². The topological polar surface area (TPSA) is 83.1 Å². The van der Waals surface area contributed by atoms with E-state index in [0.29, 0.717) is 24.5 Å². The summed E-state index contributed by atoms with van der Waals surface area (Å²) in [6.07, 6.45) is 3.27. The van der Waals surface area contributed by atoms with Crippen molar-refractivity contribution in [3.63, 3.8) is 0 Å². The summed E-state index contributed by atoms with van der Waals surface area (Å²) >= 11 is 0. The number of rotatable bonds is 7. The second-order valence-electron chi connectivity index (χ2n) is 8.95. The number of aliphatic hydroxyl groups excluding tert-OH is 1. The molecule has 2 aliphatic rings. The van der Waals surface area contributed by atoms with Crippen molar-refractivity contribution < 1.29 is 28.2 Å². The molecule has 184 valence electrons. The molecule has 1 saturated carbocycles. The fourth-order valence-corrected chi connectivity index (χ4v) is 5.58. The van der Waals surface area contributed by atoms with Crippen LogP contribution in [0.4, 0.5) is 19.3 Å². The first-order chi connectivity index (χ1) is 16.4. The molecule has 0 unspecified atom stereocenters. The number of carbonyl (C=O) groups excluding carboxylic acids is 1. The Balaban J connectivity index is 1.51. The third-order valence-electron chi connectivity index (χ3n) is 7.23. The quantitative estimate of drug-likeness (QED) is 0.569. The lowest BCUT2D eigenvalue weighted by Gasteiger charge is -2.45. The molecule has 2 fully saturated rings. The summed E-state index contributed by atoms with van der Waals surface area (Å²) in [4.78, 5) is 14.8. The highest BCUT2D eigenvalue weighted by atomic mass is 19.2. The lowest BCUT2D eigenvalue weighted by molar-refractivity contribution is 0.116. The van der Waals surface area contributed by atoms with E-state index in [1.54, 1.807) is 14.2 Å². The minimum absolute atomic E-state index is 0.0627. The Morgan fingerprint density at radius 3 is 2.62 bits per heavy atom. The highest BCUT2D eigenvalue weighted by molar-refractivity contribution is 5.89. The Hall–Kier alpha value is -2.91. The van der Waals surface area contributed by atoms with Gasteiger partial charge in [0, 0.05) is 35.8 Å². The van der Waals surface area contributed by atoms with E-state index in [9.17, 15) is 18.7 Å². The maximum atomic E-state index is 13.5. The molecule has 1 aliphatic carbocycles. The molecule has 7 nitrogen and oxygen atoms in total. The Bertz CT molecular complexity index is 1040. The first kappa shape index (κ1) is 24.2. The average molecular weight is 476 g/mol. The molecule has 0 aromatic heterocycles. The number of anilines is 1. The fraction of sp³-hybridized carbons (Fsp3) is 0.480. The van der Waals surface area contributed by atoms with Crippen LogP contribution in [0.2, 0.25) is 0 Å². The maximum absolute atomic E-state index is 13.5. The normalized spacial score (nSPS) is 24.4. The van der Waals surface area contributed by atoms with Crippen LogP contribution in [0, 0.1) is 11.6 Å². The van der Waals surface area contributed by atoms with Gasteiger partial charge in [0.05, 0.1) is 20.8 Å². The predicted octanol–water partition coefficient (Wildman–Crippen LogP) is 3.66. The Morgan fingerprint density at radius 1 is 1.12 bits per heavy atom. The molecule has 0 radical (unpaired) electrons. The zero-order chi connectivity index (χ0) is 24.3. The average Bonchev–Trinajstić information content (AvgIpc) is 3.20. The number of nitrogens with one attached hydrogen (secondary N) is 2. The van der Waals surface area contributed by atoms with Gasteiger partial charge in [-0.1, -0.05) is 6.07 Å². The van der Waals surface area contributed by atoms with Gasteiger partial charge in [0.15, 0.2) is 23.1 Å². The van der Waals surface area contributed by atoms with Crippen molar-refractivity contribution in [1.82, 2.24) is 10.2 Å². The molecule has 2 aromatic rings. The van der Waals surface area contributed by atoms with Gasteiger partial charge >= 0.3 is 6.03 Å². The third kappa shape index (κ3) is 4.67. The van der Waals surface area contributed by atoms with Crippen LogP contribution in [-0.4, -0.2) is 62.0 Å². The van der Waals surface area contributed by atoms with Crippen LogP contribution in [0.1, 0.15) is 31.2 Å². The largest absolute Gasteiger partial charge is 0.493 e. The van der Waals surface area contributed by atoms with Crippen LogP contribution in [0.3, 0.4) is 0 Å². The van der Waals surface area contributed by atoms with Gasteiger partial charge < -0.3 is 25.2 Å². The summed E-state index contributed by atoms with van der Waals surface area (Å²) in [7, 11) is 3.23. The Kier molecular flexibility index (Phi) is 7.23. The van der Waals surface area contributed by atoms with Crippen LogP contribution in [0.15, 0.2) is 36.4 Å². The molecule has 34 heavy (non-hydrogen) atoms. The van der Waals surface area contributed by atoms with Gasteiger partial charge in [0.1, 0.15) is 0 Å². The van der Waals surface area contributed by atoms with E-state index in [1.807, 2.05) is 12.1 Å². The monoisotopic (exact) mass is 475 g/mol. The van der Waals surface area contributed by atoms with Crippen LogP contribution in [0.25, 0.3) is 0 Å². The lowest BCUT2D eigenvalue weighted by Crippen LogP contribution is -2.53. The first-order valence-electron chi connectivity index (χ1n) is 11.5. The van der Waals surface area contributed by atoms with E-state index in [1.165, 1.54) is 11.6 Å². The van der Waals surface area contributed by atoms with E-state index >= 15 is 0 Å². The maximum Gasteiger partial charge on any atom is 0.319 e. The number of benzene rings is 2. The van der Waals surface area contributed by atoms with Crippen molar-refractivity contribution in [2.24, 2.45) is 0 Å². The molecule has 0 bridgehead atoms. The number of hydrogen-bond donors (Lipinski definition) is 3. The molecular weight excluding hydrogens is 444 g/mol. The molecule has 3 atom stereocenters. The van der Waals surface area contributed by atoms with Crippen molar-refractivity contribution >= 4 is 11.7 Å². The standard InChI is InChI=1S/C25H31F2N3O4/c1-33-21-6-3-16(13-22(21)34-2)25-8-7-18(15-23(25)30(10-9-25)11-12-31)29-24(32)28-17-4-5-19(26)20(27)14-17/h3-6,13-14,18,23,31H,7-12,15H2,1-2H3,(H2,28,29,32)/t18-,23+,25-/m0/s1. The van der Waals surface area contributed by atoms with Crippen LogP contribution in [0.5, 0.6) is 11.5 Å². The second kappa shape index (κ2) is 10.1. The van der Waals surface area contributed by atoms with Gasteiger partial charge in [0.25, 0.3) is 0 Å². The van der Waals surface area contributed by atoms with Crippen molar-refractivity contribution in [1.29, 1.82) is 0 Å². The number of β-amino-alcohol motifs (C(OH)–C–C–N with tert-alkyl or cyclic N) is 1. The number of urea groups is 1. The van der Waals surface area contributed by atoms with Crippen molar-refractivity contribution in [2.45, 2.75) is 43.2 Å². The predicted molar refractivity (Wildman–Crippen MR) is 124 cm³/mol. The molecule has 1 aliphatic heterocycles. The number of nitrogens with zero attached hydrogens (tertiary/aromatic N) is 1. The smallest absolute Gasteiger partial charge is 0.319 e. The molecule has 2 amide bonds. The Morgan fingerprint density at radius 2 is 1.91 bits per heavy atom. The molecule has 2 aromatic carbocycles. The number of amides is 2. The van der Waals surface area contributed by atoms with Crippen molar-refractivity contribution in [2.75, 3.05) is 39.2 Å². The summed E-state index contributed by atoms with van der Waals surface area (Å²) in [5, 5.41) is 15.2. The molecule has 0 spiro atoms. The summed E-state index contributed by atoms with van der Waals surface area (Å²) < 4.78 is 37.6. The van der Waals surface area contributed by atoms with Gasteiger partial charge in [-0.2, -0.15) is 0 Å². The van der Waals surface area contributed by atoms with E-state index in [2.05, 4.69) is 21.6 Å². The third-order valence-corrected chi connectivity index (χ3v) is 7.23. The molecule has 3 N–H and O–H groups in total. The highest BCUT2D eigenvalue weighted by Gasteiger charge is 2.51. The summed E-state index contributed by atoms with van der Waals surface area (Å²) in [5.41, 5.74) is 1.23. The van der Waals surface area contributed by atoms with Crippen LogP contribution < -0.4 is 20.1 Å². The molecule has 9 heteroatoms. The SMILES string of the molecule is COc1ccc([C@@]23CC[C@H](NC(=O)Nc4ccc(F)c(F)c4)C[C@H]2N(CCO)CC3)cc1OC. The van der Waals surface area contributed by atoms with E-state index in [-0.39, 0.29) is 29.8 Å². The van der Waals surface area contributed by atoms with E-state index < -0.39 is 17.7 Å². The minimum Gasteiger partial charge on any atom is -0.493 e. The number of aliphatic hydroxyl groups is 1. The Labute approximate surface area is 198 Å². The molecule has 1 saturated heterocycles. The van der Waals surface area contributed by atoms with Gasteiger partial charge in [-0.15, -0.1) is 0 Å². The first-order valence-corrected chi connectivity index (χ1v) is 11.5. The summed E-state index contributed by atoms with van der Waals surface area (Å²) in [6.45, 7) is 1.48. The number of fused-ring (bicyclic) bond motifs is 1. The number of hydrogen-bond acceptors (Lipinski definition) is 5. The number of ether oxygens (including phenoxy) is 2. The summed E-state index contributed by atoms with van der Waals surface area (Å²) in [5.74, 6) is -0.621. The number of carbonyl (C=O) groups is 1. The van der Waals surface area contributed by atoms with Gasteiger partial charge in [-0.05, 0) is 62.1 Å². The minimum atomic E-state index is -1.01. The van der Waals surface area contributed by atoms with Gasteiger partial charge in [0.2, 0.25) is 0 Å². The summed E-state index contributed by atoms with van der Waals surface area (Å²) in [6, 6.07) is 8.88. The zero-order valence-corrected chi connectivity index (χ0v) is 19.4. The van der Waals surface area contributed by atoms with E-state index in [0.717, 1.165) is 37.9 Å². The second-order valence-corrected chi connectivity index (χ2v) is 8.95. The fourth-order valence-electron chi connectivity index (χ4n) is 5.58. The van der Waals surface area contributed by atoms with Crippen LogP contribution >= 0.6 is 0 Å². The molecule has 4 rings (SSSR count). The zero-order valence-electron chi connectivity index (χ0n) is 19.4. The molecule has 1 heterocycles. The number of likely N-dealkylation sites (tertiary alicyclic amines) is 1. The van der Waals surface area contributed by atoms with Crippen LogP contribution in [-0.2, 0) is 5.41 Å². The number of methoxy groups -OCH3 is 2. The van der Waals surface area contributed by atoms with Gasteiger partial charge in [-0.3, -0.25) is 4.90 Å². The molecular formula is C25H31F2N3O4. The van der Waals surface area contributed by atoms with Crippen molar-refractivity contribution in [3.8, 4) is 11.5 Å².